The van der Waals surface area contributed by atoms with Crippen LogP contribution in [0.2, 0.25) is 0 Å². The maximum atomic E-state index is 7.32. The van der Waals surface area contributed by atoms with Crippen LogP contribution >= 0.6 is 0 Å². The van der Waals surface area contributed by atoms with E-state index in [1.165, 1.54) is 32.6 Å². The summed E-state index contributed by atoms with van der Waals surface area (Å²) < 4.78 is 0. The van der Waals surface area contributed by atoms with Gasteiger partial charge in [-0.2, -0.15) is 5.26 Å². The molecule has 0 aromatic heterocycles. The lowest BCUT2D eigenvalue weighted by molar-refractivity contribution is 0.702. The Morgan fingerprint density at radius 3 is 1.44 bits per heavy atom. The van der Waals surface area contributed by atoms with E-state index in [2.05, 4.69) is 13.8 Å². The van der Waals surface area contributed by atoms with Crippen LogP contribution in [0.1, 0.15) is 46.5 Å². The van der Waals surface area contributed by atoms with Gasteiger partial charge < -0.3 is 0 Å². The van der Waals surface area contributed by atoms with Gasteiger partial charge in [0.2, 0.25) is 0 Å². The molecule has 54 valence electrons. The fourth-order valence-corrected chi connectivity index (χ4v) is 0.500. The second kappa shape index (κ2) is 15.6. The summed E-state index contributed by atoms with van der Waals surface area (Å²) in [5.41, 5.74) is 0. The molecule has 0 fully saturated rings. The summed E-state index contributed by atoms with van der Waals surface area (Å²) in [5.74, 6) is 0. The van der Waals surface area contributed by atoms with E-state index in [4.69, 9.17) is 5.26 Å². The molecule has 0 N–H and O–H groups in total. The molecule has 0 aliphatic carbocycles. The fourth-order valence-electron chi connectivity index (χ4n) is 0.500. The van der Waals surface area contributed by atoms with Crippen molar-refractivity contribution >= 4 is 0 Å². The molecule has 0 heterocycles. The Morgan fingerprint density at radius 1 is 1.11 bits per heavy atom. The lowest BCUT2D eigenvalue weighted by Crippen LogP contribution is -1.66. The third kappa shape index (κ3) is 36.4. The van der Waals surface area contributed by atoms with Crippen molar-refractivity contribution < 1.29 is 0 Å². The molecule has 0 amide bonds. The maximum Gasteiger partial charge on any atom is 0.0587 e. The minimum absolute atomic E-state index is 1.36. The van der Waals surface area contributed by atoms with Crippen LogP contribution in [0.5, 0.6) is 0 Å². The number of rotatable bonds is 3. The summed E-state index contributed by atoms with van der Waals surface area (Å²) in [6.45, 7) is 5.89. The molecule has 0 aromatic carbocycles. The normalized spacial score (nSPS) is 6.89. The van der Waals surface area contributed by atoms with Gasteiger partial charge in [-0.25, -0.2) is 0 Å². The lowest BCUT2D eigenvalue weighted by atomic mass is 10.2. The van der Waals surface area contributed by atoms with Crippen molar-refractivity contribution in [3.63, 3.8) is 0 Å². The number of unbranched alkanes of at least 4 members (excludes halogenated alkanes) is 3. The van der Waals surface area contributed by atoms with Crippen molar-refractivity contribution in [2.45, 2.75) is 46.5 Å². The summed E-state index contributed by atoms with van der Waals surface area (Å²) in [4.78, 5) is 0. The highest BCUT2D eigenvalue weighted by atomic mass is 14.2. The van der Waals surface area contributed by atoms with Gasteiger partial charge in [0.15, 0.2) is 0 Å². The third-order valence-corrected chi connectivity index (χ3v) is 0.957. The van der Waals surface area contributed by atoms with Crippen LogP contribution < -0.4 is 0 Å². The van der Waals surface area contributed by atoms with E-state index in [0.29, 0.717) is 0 Å². The minimum Gasteiger partial charge on any atom is -0.199 e. The van der Waals surface area contributed by atoms with Crippen molar-refractivity contribution in [3.05, 3.63) is 0 Å². The highest BCUT2D eigenvalue weighted by molar-refractivity contribution is 4.51. The molecule has 9 heavy (non-hydrogen) atoms. The second-order valence-corrected chi connectivity index (χ2v) is 1.93. The second-order valence-electron chi connectivity index (χ2n) is 1.93. The number of hydrogen-bond donors (Lipinski definition) is 0. The van der Waals surface area contributed by atoms with Gasteiger partial charge >= 0.3 is 0 Å². The van der Waals surface area contributed by atoms with E-state index in [-0.39, 0.29) is 0 Å². The average molecular weight is 127 g/mol. The monoisotopic (exact) mass is 127 g/mol. The zero-order chi connectivity index (χ0) is 7.54. The Labute approximate surface area is 58.7 Å². The number of hydrogen-bond acceptors (Lipinski definition) is 1. The summed E-state index contributed by atoms with van der Waals surface area (Å²) in [5, 5.41) is 7.32. The van der Waals surface area contributed by atoms with Gasteiger partial charge in [-0.1, -0.05) is 39.5 Å². The summed E-state index contributed by atoms with van der Waals surface area (Å²) in [7, 11) is 0. The van der Waals surface area contributed by atoms with Gasteiger partial charge in [0.1, 0.15) is 0 Å². The number of nitrogens with zero attached hydrogens (tertiary/aromatic N) is 1. The van der Waals surface area contributed by atoms with Crippen LogP contribution in [0.3, 0.4) is 0 Å². The van der Waals surface area contributed by atoms with Gasteiger partial charge in [-0.05, 0) is 0 Å². The van der Waals surface area contributed by atoms with Crippen molar-refractivity contribution in [1.29, 1.82) is 5.26 Å². The van der Waals surface area contributed by atoms with Gasteiger partial charge in [-0.15, -0.1) is 0 Å². The predicted molar refractivity (Wildman–Crippen MR) is 41.1 cm³/mol. The SMILES string of the molecule is CC#N.CCCCCC. The van der Waals surface area contributed by atoms with Crippen molar-refractivity contribution in [2.24, 2.45) is 0 Å². The molecule has 0 saturated carbocycles. The summed E-state index contributed by atoms with van der Waals surface area (Å²) in [6, 6.07) is 1.75. The third-order valence-electron chi connectivity index (χ3n) is 0.957. The molecule has 0 spiro atoms. The Hall–Kier alpha value is -0.510. The number of nitriles is 1. The molecule has 0 bridgehead atoms. The van der Waals surface area contributed by atoms with Crippen LogP contribution in [-0.2, 0) is 0 Å². The first-order chi connectivity index (χ1) is 4.33. The Bertz CT molecular complexity index is 57.5. The van der Waals surface area contributed by atoms with E-state index < -0.39 is 0 Å². The largest absolute Gasteiger partial charge is 0.199 e. The molecule has 0 aliphatic rings. The smallest absolute Gasteiger partial charge is 0.0587 e. The van der Waals surface area contributed by atoms with Crippen molar-refractivity contribution in [3.8, 4) is 6.07 Å². The van der Waals surface area contributed by atoms with Crippen molar-refractivity contribution in [2.75, 3.05) is 0 Å². The highest BCUT2D eigenvalue weighted by Gasteiger charge is 1.75. The van der Waals surface area contributed by atoms with E-state index >= 15 is 0 Å². The summed E-state index contributed by atoms with van der Waals surface area (Å²) >= 11 is 0. The molecule has 0 saturated heterocycles. The van der Waals surface area contributed by atoms with E-state index in [0.717, 1.165) is 0 Å². The van der Waals surface area contributed by atoms with Gasteiger partial charge in [0, 0.05) is 6.92 Å². The Balaban J connectivity index is 0. The Kier molecular flexibility index (Phi) is 19.7. The molecule has 0 rings (SSSR count). The minimum atomic E-state index is 1.36. The van der Waals surface area contributed by atoms with E-state index in [9.17, 15) is 0 Å². The van der Waals surface area contributed by atoms with Crippen LogP contribution in [0.4, 0.5) is 0 Å². The van der Waals surface area contributed by atoms with Crippen LogP contribution in [-0.4, -0.2) is 0 Å². The van der Waals surface area contributed by atoms with Crippen molar-refractivity contribution in [1.82, 2.24) is 0 Å². The van der Waals surface area contributed by atoms with E-state index in [1.807, 2.05) is 0 Å². The first-order valence-electron chi connectivity index (χ1n) is 3.64. The molecule has 1 heteroatoms. The zero-order valence-electron chi connectivity index (χ0n) is 6.78. The first-order valence-corrected chi connectivity index (χ1v) is 3.64. The molecule has 0 aromatic rings. The van der Waals surface area contributed by atoms with Crippen LogP contribution in [0.15, 0.2) is 0 Å². The van der Waals surface area contributed by atoms with E-state index in [1.54, 1.807) is 6.07 Å². The predicted octanol–water partition coefficient (Wildman–Crippen LogP) is 3.12. The molecular weight excluding hydrogens is 110 g/mol. The average Bonchev–Trinajstić information content (AvgIpc) is 1.86. The Morgan fingerprint density at radius 2 is 1.33 bits per heavy atom. The molecule has 1 nitrogen and oxygen atoms in total. The van der Waals surface area contributed by atoms with Crippen LogP contribution in [0, 0.1) is 11.3 Å². The topological polar surface area (TPSA) is 23.8 Å². The highest BCUT2D eigenvalue weighted by Crippen LogP contribution is 1.95. The molecule has 0 atom stereocenters. The van der Waals surface area contributed by atoms with Gasteiger partial charge in [0.25, 0.3) is 0 Å². The van der Waals surface area contributed by atoms with Crippen LogP contribution in [0.25, 0.3) is 0 Å². The maximum absolute atomic E-state index is 7.32. The fraction of sp³-hybridized carbons (Fsp3) is 0.875. The first kappa shape index (κ1) is 11.3. The van der Waals surface area contributed by atoms with Gasteiger partial charge in [-0.3, -0.25) is 0 Å². The zero-order valence-corrected chi connectivity index (χ0v) is 6.78. The standard InChI is InChI=1S/C6H14.C2H3N/c1-3-5-6-4-2;1-2-3/h3-6H2,1-2H3;1H3. The quantitative estimate of drug-likeness (QED) is 0.534. The summed E-state index contributed by atoms with van der Waals surface area (Å²) in [6.07, 6.45) is 5.54. The molecule has 0 aliphatic heterocycles. The van der Waals surface area contributed by atoms with Gasteiger partial charge in [0.05, 0.1) is 6.07 Å². The molecule has 0 radical (unpaired) electrons. The lowest BCUT2D eigenvalue weighted by Gasteiger charge is -1.86. The molecule has 0 unspecified atom stereocenters. The molecular formula is C8H17N.